The van der Waals surface area contributed by atoms with Gasteiger partial charge in [-0.15, -0.1) is 30.3 Å². The van der Waals surface area contributed by atoms with Gasteiger partial charge < -0.3 is 0 Å². The van der Waals surface area contributed by atoms with Gasteiger partial charge in [0.25, 0.3) is 0 Å². The Kier molecular flexibility index (Phi) is 6.01. The Morgan fingerprint density at radius 3 is 1.39 bits per heavy atom. The SMILES string of the molecule is O=S(=O)(OP1(F)=NP(F)(F)=NP(F)(F)=N1)C(F)(F)C(F)(F)C(F)(F)C(F)(F)F. The molecule has 1 unspecified atom stereocenters. The van der Waals surface area contributed by atoms with E-state index in [0.717, 1.165) is 0 Å². The largest absolute Gasteiger partial charge is 0.460 e. The minimum Gasteiger partial charge on any atom is -0.192 e. The van der Waals surface area contributed by atoms with Gasteiger partial charge >= 0.3 is 56.8 Å². The van der Waals surface area contributed by atoms with E-state index in [1.165, 1.54) is 13.5 Å². The number of halogens is 14. The predicted molar refractivity (Wildman–Crippen MR) is 64.5 cm³/mol. The van der Waals surface area contributed by atoms with Gasteiger partial charge in [0.05, 0.1) is 0 Å². The Balaban J connectivity index is 3.59. The van der Waals surface area contributed by atoms with Crippen LogP contribution in [0.2, 0.25) is 0 Å². The highest BCUT2D eigenvalue weighted by molar-refractivity contribution is 7.93. The van der Waals surface area contributed by atoms with Crippen LogP contribution >= 0.6 is 23.4 Å². The molecule has 1 aliphatic rings. The van der Waals surface area contributed by atoms with Crippen LogP contribution in [0, 0.1) is 0 Å². The van der Waals surface area contributed by atoms with Crippen molar-refractivity contribution in [1.29, 1.82) is 0 Å². The van der Waals surface area contributed by atoms with E-state index < -0.39 is 56.8 Å². The van der Waals surface area contributed by atoms with Crippen LogP contribution in [0.4, 0.5) is 60.5 Å². The van der Waals surface area contributed by atoms with E-state index in [9.17, 15) is 68.9 Å². The topological polar surface area (TPSA) is 80.5 Å². The van der Waals surface area contributed by atoms with E-state index in [2.05, 4.69) is 3.97 Å². The van der Waals surface area contributed by atoms with Crippen molar-refractivity contribution in [2.24, 2.45) is 13.5 Å². The molecule has 0 saturated heterocycles. The summed E-state index contributed by atoms with van der Waals surface area (Å²) in [5.41, 5.74) is 0. The molecule has 0 aromatic rings. The monoisotopic (exact) mass is 529 g/mol. The molecule has 0 amide bonds. The number of hydrogen-bond donors (Lipinski definition) is 0. The molecule has 1 rings (SSSR count). The second-order valence-corrected chi connectivity index (χ2v) is 11.3. The summed E-state index contributed by atoms with van der Waals surface area (Å²) in [6, 6.07) is 0. The van der Waals surface area contributed by atoms with Crippen molar-refractivity contribution in [2.45, 2.75) is 23.3 Å². The zero-order chi connectivity index (χ0) is 22.8. The van der Waals surface area contributed by atoms with Gasteiger partial charge in [-0.1, -0.05) is 0 Å². The fraction of sp³-hybridized carbons (Fsp3) is 1.00. The lowest BCUT2D eigenvalue weighted by atomic mass is 10.1. The maximum absolute atomic E-state index is 13.7. The lowest BCUT2D eigenvalue weighted by Crippen LogP contribution is -2.63. The van der Waals surface area contributed by atoms with Crippen LogP contribution in [0.5, 0.6) is 0 Å². The van der Waals surface area contributed by atoms with E-state index >= 15 is 0 Å². The highest BCUT2D eigenvalue weighted by Gasteiger charge is 2.86. The summed E-state index contributed by atoms with van der Waals surface area (Å²) < 4.78 is 207. The summed E-state index contributed by atoms with van der Waals surface area (Å²) in [7, 11) is -28.9. The molecule has 0 fully saturated rings. The summed E-state index contributed by atoms with van der Waals surface area (Å²) in [5, 5.41) is -7.67. The standard InChI is InChI=1S/C4F14N3O3P3S/c5-1(6,3(9,10)11)2(7,8)4(12,13)28(22,23)24-27(18)20-25(14,15)19-26(16,17)21-27. The second kappa shape index (κ2) is 6.56. The molecule has 168 valence electrons. The molecule has 1 heterocycles. The third kappa shape index (κ3) is 4.37. The Morgan fingerprint density at radius 2 is 1.04 bits per heavy atom. The molecule has 1 atom stereocenters. The summed E-state index contributed by atoms with van der Waals surface area (Å²) in [4.78, 5) is 0. The summed E-state index contributed by atoms with van der Waals surface area (Å²) in [5.74, 6) is -15.7. The average molecular weight is 529 g/mol. The fourth-order valence-electron chi connectivity index (χ4n) is 1.17. The van der Waals surface area contributed by atoms with Crippen LogP contribution in [0.25, 0.3) is 0 Å². The summed E-state index contributed by atoms with van der Waals surface area (Å²) >= 11 is 0. The zero-order valence-corrected chi connectivity index (χ0v) is 15.1. The summed E-state index contributed by atoms with van der Waals surface area (Å²) in [6.07, 6.45) is -7.49. The maximum Gasteiger partial charge on any atom is 0.460 e. The van der Waals surface area contributed by atoms with E-state index in [1.54, 1.807) is 0 Å². The Hall–Kier alpha value is -0.380. The van der Waals surface area contributed by atoms with E-state index in [4.69, 9.17) is 0 Å². The summed E-state index contributed by atoms with van der Waals surface area (Å²) in [6.45, 7) is 0. The van der Waals surface area contributed by atoms with Gasteiger partial charge in [-0.3, -0.25) is 0 Å². The first kappa shape index (κ1) is 25.7. The highest BCUT2D eigenvalue weighted by Crippen LogP contribution is 2.82. The first-order chi connectivity index (χ1) is 11.8. The third-order valence-corrected chi connectivity index (χ3v) is 9.91. The van der Waals surface area contributed by atoms with E-state index in [-0.39, 0.29) is 0 Å². The highest BCUT2D eigenvalue weighted by atomic mass is 32.2. The normalized spacial score (nSPS) is 26.1. The average Bonchev–Trinajstić information content (AvgIpc) is 2.29. The van der Waals surface area contributed by atoms with Crippen LogP contribution in [-0.4, -0.2) is 31.7 Å². The maximum atomic E-state index is 13.7. The van der Waals surface area contributed by atoms with Crippen LogP contribution in [0.1, 0.15) is 0 Å². The van der Waals surface area contributed by atoms with E-state index in [0.29, 0.717) is 0 Å². The Labute approximate surface area is 144 Å². The van der Waals surface area contributed by atoms with Crippen molar-refractivity contribution in [2.75, 3.05) is 0 Å². The molecule has 0 radical (unpaired) electrons. The lowest BCUT2D eigenvalue weighted by molar-refractivity contribution is -0.382. The molecule has 6 nitrogen and oxygen atoms in total. The molecule has 0 N–H and O–H groups in total. The van der Waals surface area contributed by atoms with Crippen LogP contribution in [-0.2, 0) is 14.1 Å². The minimum atomic E-state index is -8.07. The minimum absolute atomic E-state index is 1.28. The number of hydrogen-bond acceptors (Lipinski definition) is 6. The van der Waals surface area contributed by atoms with E-state index in [1.807, 2.05) is 0 Å². The first-order valence-electron chi connectivity index (χ1n) is 5.38. The number of nitrogens with zero attached hydrogens (tertiary/aromatic N) is 3. The van der Waals surface area contributed by atoms with Gasteiger partial charge in [0, 0.05) is 0 Å². The lowest BCUT2D eigenvalue weighted by Gasteiger charge is -2.32. The van der Waals surface area contributed by atoms with Gasteiger partial charge in [-0.2, -0.15) is 56.1 Å². The van der Waals surface area contributed by atoms with Crippen LogP contribution in [0.15, 0.2) is 13.5 Å². The Morgan fingerprint density at radius 1 is 0.643 bits per heavy atom. The number of alkyl halides is 9. The van der Waals surface area contributed by atoms with Crippen molar-refractivity contribution >= 4 is 33.5 Å². The zero-order valence-electron chi connectivity index (χ0n) is 11.6. The van der Waals surface area contributed by atoms with Gasteiger partial charge in [0.15, 0.2) is 0 Å². The molecule has 1 aliphatic heterocycles. The molecule has 0 bridgehead atoms. The molecule has 0 aromatic heterocycles. The first-order valence-corrected chi connectivity index (χ1v) is 11.2. The quantitative estimate of drug-likeness (QED) is 0.274. The molecular formula is C4F14N3O3P3S. The predicted octanol–water partition coefficient (Wildman–Crippen LogP) is 7.46. The van der Waals surface area contributed by atoms with Crippen molar-refractivity contribution in [3.05, 3.63) is 0 Å². The van der Waals surface area contributed by atoms with Gasteiger partial charge in [0.2, 0.25) is 0 Å². The molecule has 0 aromatic carbocycles. The van der Waals surface area contributed by atoms with Gasteiger partial charge in [-0.25, -0.2) is 0 Å². The number of rotatable bonds is 5. The molecule has 0 spiro atoms. The molecular weight excluding hydrogens is 529 g/mol. The molecule has 0 aliphatic carbocycles. The second-order valence-electron chi connectivity index (χ2n) is 4.34. The molecule has 24 heteroatoms. The molecule has 28 heavy (non-hydrogen) atoms. The van der Waals surface area contributed by atoms with Crippen molar-refractivity contribution in [3.63, 3.8) is 0 Å². The third-order valence-electron chi connectivity index (χ3n) is 2.27. The van der Waals surface area contributed by atoms with Gasteiger partial charge in [0.1, 0.15) is 0 Å². The smallest absolute Gasteiger partial charge is 0.192 e. The van der Waals surface area contributed by atoms with Crippen LogP contribution < -0.4 is 0 Å². The van der Waals surface area contributed by atoms with Gasteiger partial charge in [-0.05, 0) is 0 Å². The van der Waals surface area contributed by atoms with Crippen molar-refractivity contribution in [3.8, 4) is 0 Å². The fourth-order valence-corrected chi connectivity index (χ4v) is 8.31. The van der Waals surface area contributed by atoms with Crippen molar-refractivity contribution < 1.29 is 72.9 Å². The van der Waals surface area contributed by atoms with Crippen molar-refractivity contribution in [1.82, 2.24) is 0 Å². The Bertz CT molecular complexity index is 918. The molecule has 0 saturated carbocycles. The van der Waals surface area contributed by atoms with Crippen LogP contribution in [0.3, 0.4) is 0 Å².